The molecule has 5 heteroatoms. The minimum absolute atomic E-state index is 0.0936. The maximum absolute atomic E-state index is 5.25. The highest BCUT2D eigenvalue weighted by Gasteiger charge is 2.11. The molecular formula is C10H18N2O2S. The van der Waals surface area contributed by atoms with E-state index in [0.29, 0.717) is 6.61 Å². The molecule has 4 nitrogen and oxygen atoms in total. The summed E-state index contributed by atoms with van der Waals surface area (Å²) >= 11 is 1.61. The minimum atomic E-state index is 0.0936. The van der Waals surface area contributed by atoms with Crippen LogP contribution in [-0.2, 0) is 9.47 Å². The van der Waals surface area contributed by atoms with Crippen LogP contribution in [0, 0.1) is 0 Å². The molecule has 0 amide bonds. The van der Waals surface area contributed by atoms with Crippen LogP contribution in [0.2, 0.25) is 0 Å². The molecule has 0 fully saturated rings. The van der Waals surface area contributed by atoms with Crippen molar-refractivity contribution in [3.05, 3.63) is 16.6 Å². The molecule has 0 radical (unpaired) electrons. The molecule has 1 aromatic heterocycles. The maximum Gasteiger partial charge on any atom is 0.0928 e. The van der Waals surface area contributed by atoms with Crippen molar-refractivity contribution in [1.29, 1.82) is 0 Å². The Hall–Kier alpha value is -0.490. The predicted octanol–water partition coefficient (Wildman–Crippen LogP) is 1.46. The van der Waals surface area contributed by atoms with Gasteiger partial charge in [0.05, 0.1) is 23.9 Å². The van der Waals surface area contributed by atoms with Crippen molar-refractivity contribution in [2.24, 2.45) is 0 Å². The van der Waals surface area contributed by atoms with Gasteiger partial charge < -0.3 is 14.8 Å². The van der Waals surface area contributed by atoms with E-state index in [1.807, 2.05) is 5.51 Å². The van der Waals surface area contributed by atoms with Gasteiger partial charge in [0.15, 0.2) is 0 Å². The van der Waals surface area contributed by atoms with Gasteiger partial charge in [0.25, 0.3) is 0 Å². The van der Waals surface area contributed by atoms with Gasteiger partial charge in [0.1, 0.15) is 0 Å². The molecule has 1 heterocycles. The number of ether oxygens (including phenoxy) is 2. The molecule has 0 aliphatic rings. The number of hydrogen-bond acceptors (Lipinski definition) is 5. The molecule has 2 unspecified atom stereocenters. The second-order valence-corrected chi connectivity index (χ2v) is 4.07. The molecule has 0 bridgehead atoms. The van der Waals surface area contributed by atoms with Gasteiger partial charge in [-0.05, 0) is 6.92 Å². The van der Waals surface area contributed by atoms with E-state index >= 15 is 0 Å². The summed E-state index contributed by atoms with van der Waals surface area (Å²) < 4.78 is 10.3. The maximum atomic E-state index is 5.25. The third kappa shape index (κ3) is 4.25. The van der Waals surface area contributed by atoms with E-state index in [9.17, 15) is 0 Å². The molecule has 1 rings (SSSR count). The molecule has 2 atom stereocenters. The number of nitrogens with zero attached hydrogens (tertiary/aromatic N) is 1. The van der Waals surface area contributed by atoms with Crippen LogP contribution < -0.4 is 5.32 Å². The largest absolute Gasteiger partial charge is 0.382 e. The number of rotatable bonds is 7. The standard InChI is InChI=1S/C10H18N2O2S/c1-8(10-6-15-7-12-10)11-4-9(14-3)5-13-2/h6-9,11H,4-5H2,1-3H3. The Bertz CT molecular complexity index is 254. The molecule has 0 saturated carbocycles. The Morgan fingerprint density at radius 2 is 2.33 bits per heavy atom. The van der Waals surface area contributed by atoms with E-state index < -0.39 is 0 Å². The van der Waals surface area contributed by atoms with Crippen molar-refractivity contribution in [2.45, 2.75) is 19.1 Å². The second kappa shape index (κ2) is 6.90. The molecule has 0 saturated heterocycles. The summed E-state index contributed by atoms with van der Waals surface area (Å²) in [5, 5.41) is 5.41. The summed E-state index contributed by atoms with van der Waals surface area (Å²) in [4.78, 5) is 4.25. The van der Waals surface area contributed by atoms with Crippen LogP contribution >= 0.6 is 11.3 Å². The van der Waals surface area contributed by atoms with Crippen molar-refractivity contribution in [3.63, 3.8) is 0 Å². The van der Waals surface area contributed by atoms with Crippen LogP contribution in [0.4, 0.5) is 0 Å². The zero-order valence-corrected chi connectivity index (χ0v) is 10.2. The quantitative estimate of drug-likeness (QED) is 0.770. The molecule has 0 aromatic carbocycles. The first-order valence-corrected chi connectivity index (χ1v) is 5.85. The fourth-order valence-electron chi connectivity index (χ4n) is 1.24. The van der Waals surface area contributed by atoms with E-state index in [0.717, 1.165) is 12.2 Å². The van der Waals surface area contributed by atoms with Gasteiger partial charge in [-0.3, -0.25) is 0 Å². The lowest BCUT2D eigenvalue weighted by atomic mass is 10.2. The Morgan fingerprint density at radius 3 is 2.87 bits per heavy atom. The molecule has 0 aliphatic carbocycles. The molecule has 0 aliphatic heterocycles. The summed E-state index contributed by atoms with van der Waals surface area (Å²) in [5.74, 6) is 0. The average Bonchev–Trinajstić information content (AvgIpc) is 2.77. The number of aromatic nitrogens is 1. The summed E-state index contributed by atoms with van der Waals surface area (Å²) in [7, 11) is 3.37. The molecule has 1 aromatic rings. The molecule has 86 valence electrons. The van der Waals surface area contributed by atoms with Crippen molar-refractivity contribution >= 4 is 11.3 Å². The van der Waals surface area contributed by atoms with Gasteiger partial charge >= 0.3 is 0 Å². The monoisotopic (exact) mass is 230 g/mol. The van der Waals surface area contributed by atoms with Crippen molar-refractivity contribution in [2.75, 3.05) is 27.4 Å². The van der Waals surface area contributed by atoms with Crippen molar-refractivity contribution < 1.29 is 9.47 Å². The first-order valence-electron chi connectivity index (χ1n) is 4.91. The van der Waals surface area contributed by atoms with Crippen molar-refractivity contribution in [1.82, 2.24) is 10.3 Å². The smallest absolute Gasteiger partial charge is 0.0928 e. The number of thiazole rings is 1. The van der Waals surface area contributed by atoms with Gasteiger partial charge in [-0.25, -0.2) is 4.98 Å². The highest BCUT2D eigenvalue weighted by Crippen LogP contribution is 2.11. The van der Waals surface area contributed by atoms with E-state index in [1.54, 1.807) is 25.6 Å². The highest BCUT2D eigenvalue weighted by molar-refractivity contribution is 7.07. The van der Waals surface area contributed by atoms with E-state index in [4.69, 9.17) is 9.47 Å². The fraction of sp³-hybridized carbons (Fsp3) is 0.700. The molecule has 1 N–H and O–H groups in total. The van der Waals surface area contributed by atoms with Crippen LogP contribution in [0.1, 0.15) is 18.7 Å². The van der Waals surface area contributed by atoms with Gasteiger partial charge in [-0.2, -0.15) is 0 Å². The van der Waals surface area contributed by atoms with Gasteiger partial charge in [0.2, 0.25) is 0 Å². The Morgan fingerprint density at radius 1 is 1.53 bits per heavy atom. The summed E-state index contributed by atoms with van der Waals surface area (Å²) in [5.41, 5.74) is 2.92. The van der Waals surface area contributed by atoms with Gasteiger partial charge in [0, 0.05) is 32.2 Å². The first kappa shape index (κ1) is 12.6. The summed E-state index contributed by atoms with van der Waals surface area (Å²) in [6, 6.07) is 0.255. The van der Waals surface area contributed by atoms with E-state index in [1.165, 1.54) is 0 Å². The van der Waals surface area contributed by atoms with E-state index in [-0.39, 0.29) is 12.1 Å². The van der Waals surface area contributed by atoms with Crippen LogP contribution in [0.25, 0.3) is 0 Å². The zero-order valence-electron chi connectivity index (χ0n) is 9.40. The van der Waals surface area contributed by atoms with Crippen LogP contribution in [-0.4, -0.2) is 38.5 Å². The summed E-state index contributed by atoms with van der Waals surface area (Å²) in [6.07, 6.45) is 0.0936. The molecule has 0 spiro atoms. The zero-order chi connectivity index (χ0) is 11.1. The lowest BCUT2D eigenvalue weighted by Crippen LogP contribution is -2.33. The summed E-state index contributed by atoms with van der Waals surface area (Å²) in [6.45, 7) is 3.46. The second-order valence-electron chi connectivity index (χ2n) is 3.36. The lowest BCUT2D eigenvalue weighted by molar-refractivity contribution is 0.0276. The number of nitrogens with one attached hydrogen (secondary N) is 1. The topological polar surface area (TPSA) is 43.4 Å². The number of methoxy groups -OCH3 is 2. The molecular weight excluding hydrogens is 212 g/mol. The van der Waals surface area contributed by atoms with Crippen LogP contribution in [0.3, 0.4) is 0 Å². The third-order valence-corrected chi connectivity index (χ3v) is 2.84. The predicted molar refractivity (Wildman–Crippen MR) is 61.2 cm³/mol. The Balaban J connectivity index is 2.29. The van der Waals surface area contributed by atoms with Gasteiger partial charge in [-0.15, -0.1) is 11.3 Å². The van der Waals surface area contributed by atoms with Gasteiger partial charge in [-0.1, -0.05) is 0 Å². The Labute approximate surface area is 94.6 Å². The number of hydrogen-bond donors (Lipinski definition) is 1. The lowest BCUT2D eigenvalue weighted by Gasteiger charge is -2.18. The van der Waals surface area contributed by atoms with Crippen LogP contribution in [0.5, 0.6) is 0 Å². The minimum Gasteiger partial charge on any atom is -0.382 e. The first-order chi connectivity index (χ1) is 7.27. The highest BCUT2D eigenvalue weighted by atomic mass is 32.1. The third-order valence-electron chi connectivity index (χ3n) is 2.23. The normalized spacial score (nSPS) is 15.1. The van der Waals surface area contributed by atoms with E-state index in [2.05, 4.69) is 22.6 Å². The fourth-order valence-corrected chi connectivity index (χ4v) is 1.89. The van der Waals surface area contributed by atoms with Crippen molar-refractivity contribution in [3.8, 4) is 0 Å². The Kier molecular flexibility index (Phi) is 5.78. The SMILES string of the molecule is COCC(CNC(C)c1cscn1)OC. The molecule has 15 heavy (non-hydrogen) atoms. The van der Waals surface area contributed by atoms with Crippen LogP contribution in [0.15, 0.2) is 10.9 Å². The average molecular weight is 230 g/mol.